The van der Waals surface area contributed by atoms with Gasteiger partial charge in [-0.1, -0.05) is 12.1 Å². The van der Waals surface area contributed by atoms with Gasteiger partial charge >= 0.3 is 5.97 Å². The number of rotatable bonds is 7. The van der Waals surface area contributed by atoms with Crippen LogP contribution in [0, 0.1) is 0 Å². The maximum absolute atomic E-state index is 11.1. The van der Waals surface area contributed by atoms with Gasteiger partial charge in [0.25, 0.3) is 0 Å². The molecule has 0 N–H and O–H groups in total. The molecule has 0 aliphatic rings. The third-order valence-electron chi connectivity index (χ3n) is 2.56. The summed E-state index contributed by atoms with van der Waals surface area (Å²) in [6.07, 6.45) is 5.60. The number of thioether (sulfide) groups is 1. The monoisotopic (exact) mass is 252 g/mol. The van der Waals surface area contributed by atoms with E-state index in [0.717, 1.165) is 19.3 Å². The fourth-order valence-electron chi connectivity index (χ4n) is 1.62. The molecule has 1 rings (SSSR count). The van der Waals surface area contributed by atoms with Crippen LogP contribution >= 0.6 is 11.8 Å². The molecule has 2 nitrogen and oxygen atoms in total. The normalized spacial score (nSPS) is 10.2. The summed E-state index contributed by atoms with van der Waals surface area (Å²) in [6.45, 7) is 2.32. The molecule has 0 atom stereocenters. The van der Waals surface area contributed by atoms with Gasteiger partial charge in [0.05, 0.1) is 6.61 Å². The molecule has 1 aromatic rings. The number of hydrogen-bond acceptors (Lipinski definition) is 3. The van der Waals surface area contributed by atoms with Gasteiger partial charge in [-0.3, -0.25) is 4.79 Å². The van der Waals surface area contributed by atoms with Gasteiger partial charge in [0, 0.05) is 11.3 Å². The van der Waals surface area contributed by atoms with E-state index >= 15 is 0 Å². The molecule has 0 unspecified atom stereocenters. The smallest absolute Gasteiger partial charge is 0.305 e. The quantitative estimate of drug-likeness (QED) is 0.420. The highest BCUT2D eigenvalue weighted by Gasteiger charge is 2.01. The Morgan fingerprint density at radius 1 is 1.24 bits per heavy atom. The second kappa shape index (κ2) is 8.18. The van der Waals surface area contributed by atoms with E-state index in [-0.39, 0.29) is 5.97 Å². The summed E-state index contributed by atoms with van der Waals surface area (Å²) < 4.78 is 4.88. The Hall–Kier alpha value is -0.960. The second-order valence-corrected chi connectivity index (χ2v) is 4.74. The van der Waals surface area contributed by atoms with Crippen LogP contribution in [-0.2, 0) is 16.0 Å². The Balaban J connectivity index is 2.19. The van der Waals surface area contributed by atoms with E-state index in [2.05, 4.69) is 30.5 Å². The molecule has 0 bridgehead atoms. The summed E-state index contributed by atoms with van der Waals surface area (Å²) in [7, 11) is 0. The predicted molar refractivity (Wildman–Crippen MR) is 72.4 cm³/mol. The maximum atomic E-state index is 11.1. The summed E-state index contributed by atoms with van der Waals surface area (Å²) in [5.41, 5.74) is 1.34. The third-order valence-corrected chi connectivity index (χ3v) is 3.30. The van der Waals surface area contributed by atoms with Crippen LogP contribution < -0.4 is 0 Å². The van der Waals surface area contributed by atoms with Crippen molar-refractivity contribution < 1.29 is 9.53 Å². The number of hydrogen-bond donors (Lipinski definition) is 0. The Morgan fingerprint density at radius 3 is 2.53 bits per heavy atom. The average molecular weight is 252 g/mol. The lowest BCUT2D eigenvalue weighted by atomic mass is 10.1. The molecule has 1 aromatic carbocycles. The van der Waals surface area contributed by atoms with Gasteiger partial charge in [-0.25, -0.2) is 0 Å². The zero-order valence-corrected chi connectivity index (χ0v) is 11.4. The zero-order valence-electron chi connectivity index (χ0n) is 10.6. The molecular formula is C14H20O2S. The van der Waals surface area contributed by atoms with E-state index in [1.807, 2.05) is 6.92 Å². The van der Waals surface area contributed by atoms with Crippen molar-refractivity contribution in [3.63, 3.8) is 0 Å². The number of aryl methyl sites for hydroxylation is 1. The van der Waals surface area contributed by atoms with E-state index in [4.69, 9.17) is 4.74 Å². The molecular weight excluding hydrogens is 232 g/mol. The van der Waals surface area contributed by atoms with Gasteiger partial charge in [-0.2, -0.15) is 0 Å². The Labute approximate surface area is 108 Å². The van der Waals surface area contributed by atoms with E-state index in [1.54, 1.807) is 11.8 Å². The highest BCUT2D eigenvalue weighted by Crippen LogP contribution is 2.16. The minimum atomic E-state index is -0.0785. The lowest BCUT2D eigenvalue weighted by Gasteiger charge is -2.03. The van der Waals surface area contributed by atoms with Crippen molar-refractivity contribution in [2.45, 2.75) is 37.5 Å². The van der Waals surface area contributed by atoms with Gasteiger partial charge in [0.15, 0.2) is 0 Å². The van der Waals surface area contributed by atoms with Crippen molar-refractivity contribution >= 4 is 17.7 Å². The number of unbranched alkanes of at least 4 members (excludes halogenated alkanes) is 1. The van der Waals surface area contributed by atoms with Crippen molar-refractivity contribution in [3.05, 3.63) is 29.8 Å². The van der Waals surface area contributed by atoms with Crippen LogP contribution in [-0.4, -0.2) is 18.8 Å². The van der Waals surface area contributed by atoms with Crippen molar-refractivity contribution in [2.24, 2.45) is 0 Å². The van der Waals surface area contributed by atoms with Crippen molar-refractivity contribution in [3.8, 4) is 0 Å². The molecule has 94 valence electrons. The van der Waals surface area contributed by atoms with E-state index in [9.17, 15) is 4.79 Å². The topological polar surface area (TPSA) is 26.3 Å². The molecule has 17 heavy (non-hydrogen) atoms. The summed E-state index contributed by atoms with van der Waals surface area (Å²) in [5, 5.41) is 0. The highest BCUT2D eigenvalue weighted by atomic mass is 32.2. The fraction of sp³-hybridized carbons (Fsp3) is 0.500. The van der Waals surface area contributed by atoms with Gasteiger partial charge in [0.1, 0.15) is 0 Å². The second-order valence-electron chi connectivity index (χ2n) is 3.86. The van der Waals surface area contributed by atoms with Crippen LogP contribution in [0.25, 0.3) is 0 Å². The Bertz CT molecular complexity index is 333. The third kappa shape index (κ3) is 5.78. The molecule has 0 amide bonds. The van der Waals surface area contributed by atoms with Gasteiger partial charge in [0.2, 0.25) is 0 Å². The Morgan fingerprint density at radius 2 is 1.94 bits per heavy atom. The van der Waals surface area contributed by atoms with Crippen LogP contribution in [0.5, 0.6) is 0 Å². The van der Waals surface area contributed by atoms with E-state index in [0.29, 0.717) is 13.0 Å². The van der Waals surface area contributed by atoms with Crippen LogP contribution in [0.3, 0.4) is 0 Å². The molecule has 0 fully saturated rings. The summed E-state index contributed by atoms with van der Waals surface area (Å²) >= 11 is 1.75. The minimum absolute atomic E-state index is 0.0785. The number of carbonyl (C=O) groups excluding carboxylic acids is 1. The Kier molecular flexibility index (Phi) is 6.78. The zero-order chi connectivity index (χ0) is 12.5. The molecule has 0 aromatic heterocycles. The van der Waals surface area contributed by atoms with Crippen molar-refractivity contribution in [1.82, 2.24) is 0 Å². The van der Waals surface area contributed by atoms with Crippen LogP contribution in [0.1, 0.15) is 31.7 Å². The van der Waals surface area contributed by atoms with Crippen LogP contribution in [0.2, 0.25) is 0 Å². The number of carbonyl (C=O) groups is 1. The summed E-state index contributed by atoms with van der Waals surface area (Å²) in [6, 6.07) is 8.61. The molecule has 0 saturated carbocycles. The van der Waals surface area contributed by atoms with Crippen molar-refractivity contribution in [1.29, 1.82) is 0 Å². The number of esters is 1. The molecule has 0 spiro atoms. The maximum Gasteiger partial charge on any atom is 0.305 e. The van der Waals surface area contributed by atoms with Gasteiger partial charge in [-0.15, -0.1) is 11.8 Å². The standard InChI is InChI=1S/C14H20O2S/c1-3-16-14(15)7-5-4-6-12-8-10-13(17-2)11-9-12/h8-11H,3-7H2,1-2H3. The molecule has 0 aliphatic heterocycles. The first-order valence-corrected chi connectivity index (χ1v) is 7.27. The lowest BCUT2D eigenvalue weighted by Crippen LogP contribution is -2.03. The first kappa shape index (κ1) is 14.1. The molecule has 0 radical (unpaired) electrons. The molecule has 0 saturated heterocycles. The highest BCUT2D eigenvalue weighted by molar-refractivity contribution is 7.98. The average Bonchev–Trinajstić information content (AvgIpc) is 2.36. The van der Waals surface area contributed by atoms with Gasteiger partial charge < -0.3 is 4.74 Å². The molecule has 3 heteroatoms. The summed E-state index contributed by atoms with van der Waals surface area (Å²) in [4.78, 5) is 12.4. The first-order chi connectivity index (χ1) is 8.26. The van der Waals surface area contributed by atoms with Crippen LogP contribution in [0.15, 0.2) is 29.2 Å². The minimum Gasteiger partial charge on any atom is -0.466 e. The van der Waals surface area contributed by atoms with Gasteiger partial charge in [-0.05, 0) is 50.1 Å². The largest absolute Gasteiger partial charge is 0.466 e. The predicted octanol–water partition coefficient (Wildman–Crippen LogP) is 3.68. The SMILES string of the molecule is CCOC(=O)CCCCc1ccc(SC)cc1. The van der Waals surface area contributed by atoms with E-state index < -0.39 is 0 Å². The fourth-order valence-corrected chi connectivity index (χ4v) is 2.03. The van der Waals surface area contributed by atoms with Crippen LogP contribution in [0.4, 0.5) is 0 Å². The summed E-state index contributed by atoms with van der Waals surface area (Å²) in [5.74, 6) is -0.0785. The number of benzene rings is 1. The molecule has 0 heterocycles. The van der Waals surface area contributed by atoms with E-state index in [1.165, 1.54) is 10.5 Å². The molecule has 0 aliphatic carbocycles. The number of ether oxygens (including phenoxy) is 1. The first-order valence-electron chi connectivity index (χ1n) is 6.04. The lowest BCUT2D eigenvalue weighted by molar-refractivity contribution is -0.143. The van der Waals surface area contributed by atoms with Crippen molar-refractivity contribution in [2.75, 3.05) is 12.9 Å².